The topological polar surface area (TPSA) is 90.2 Å². The zero-order chi connectivity index (χ0) is 19.9. The molecule has 0 atom stereocenters. The van der Waals surface area contributed by atoms with E-state index >= 15 is 0 Å². The summed E-state index contributed by atoms with van der Waals surface area (Å²) >= 11 is 0. The number of nitrogens with zero attached hydrogens (tertiary/aromatic N) is 1. The van der Waals surface area contributed by atoms with Gasteiger partial charge in [0.15, 0.2) is 0 Å². The number of nitriles is 1. The van der Waals surface area contributed by atoms with E-state index < -0.39 is 10.4 Å². The number of rotatable bonds is 18. The Labute approximate surface area is 190 Å². The molecule has 0 aromatic heterocycles. The summed E-state index contributed by atoms with van der Waals surface area (Å²) in [4.78, 5) is 0. The van der Waals surface area contributed by atoms with Crippen molar-refractivity contribution in [2.45, 2.75) is 117 Å². The molecule has 0 aromatic rings. The monoisotopic (exact) mass is 413 g/mol. The van der Waals surface area contributed by atoms with Gasteiger partial charge < -0.3 is 4.55 Å². The van der Waals surface area contributed by atoms with Crippen molar-refractivity contribution in [3.63, 3.8) is 0 Å². The minimum Gasteiger partial charge on any atom is -0.726 e. The van der Waals surface area contributed by atoms with Crippen LogP contribution in [0.2, 0.25) is 0 Å². The largest absolute Gasteiger partial charge is 1.00 e. The molecule has 156 valence electrons. The van der Waals surface area contributed by atoms with Gasteiger partial charge in [0.2, 0.25) is 10.4 Å². The Bertz CT molecular complexity index is 411. The third-order valence-corrected chi connectivity index (χ3v) is 4.68. The molecule has 0 aliphatic heterocycles. The van der Waals surface area contributed by atoms with Crippen molar-refractivity contribution in [2.24, 2.45) is 0 Å². The first kappa shape index (κ1) is 32.0. The standard InChI is InChI=1S/C18H38O4S.C2H3N.Na/c1-2-3-4-5-6-7-8-9-10-11-12-13-14-15-16-17-18-22-23(19,20)21;1-2-3;/h2-18H2,1H3,(H,19,20,21);1H3;/q;;+1/p-1. The van der Waals surface area contributed by atoms with E-state index in [1.165, 1.54) is 90.4 Å². The van der Waals surface area contributed by atoms with Crippen LogP contribution in [0.25, 0.3) is 0 Å². The van der Waals surface area contributed by atoms with Crippen molar-refractivity contribution in [2.75, 3.05) is 6.61 Å². The Balaban J connectivity index is -0.00000134. The van der Waals surface area contributed by atoms with Gasteiger partial charge in [-0.1, -0.05) is 103 Å². The minimum absolute atomic E-state index is 0. The Morgan fingerprint density at radius 1 is 0.741 bits per heavy atom. The molecule has 0 saturated carbocycles. The molecule has 0 spiro atoms. The fourth-order valence-electron chi connectivity index (χ4n) is 2.81. The molecule has 0 aliphatic rings. The fourth-order valence-corrected chi connectivity index (χ4v) is 3.13. The number of hydrogen-bond acceptors (Lipinski definition) is 5. The van der Waals surface area contributed by atoms with Crippen molar-refractivity contribution in [3.8, 4) is 6.07 Å². The summed E-state index contributed by atoms with van der Waals surface area (Å²) in [5.74, 6) is 0. The predicted octanol–water partition coefficient (Wildman–Crippen LogP) is 3.26. The van der Waals surface area contributed by atoms with Crippen molar-refractivity contribution in [1.29, 1.82) is 5.26 Å². The zero-order valence-electron chi connectivity index (χ0n) is 18.0. The van der Waals surface area contributed by atoms with Crippen LogP contribution in [0.3, 0.4) is 0 Å². The second kappa shape index (κ2) is 26.4. The predicted molar refractivity (Wildman–Crippen MR) is 106 cm³/mol. The van der Waals surface area contributed by atoms with E-state index in [4.69, 9.17) is 5.26 Å². The summed E-state index contributed by atoms with van der Waals surface area (Å²) in [6.07, 6.45) is 20.3. The van der Waals surface area contributed by atoms with Crippen LogP contribution in [0, 0.1) is 11.3 Å². The van der Waals surface area contributed by atoms with Crippen molar-refractivity contribution >= 4 is 10.4 Å². The Morgan fingerprint density at radius 2 is 1.00 bits per heavy atom. The van der Waals surface area contributed by atoms with Crippen LogP contribution >= 0.6 is 0 Å². The van der Waals surface area contributed by atoms with Gasteiger partial charge in [-0.3, -0.25) is 4.18 Å². The maximum atomic E-state index is 10.2. The molecule has 0 bridgehead atoms. The molecule has 0 amide bonds. The molecule has 0 heterocycles. The van der Waals surface area contributed by atoms with Crippen molar-refractivity contribution in [3.05, 3.63) is 0 Å². The average molecular weight is 414 g/mol. The van der Waals surface area contributed by atoms with E-state index in [0.717, 1.165) is 12.8 Å². The summed E-state index contributed by atoms with van der Waals surface area (Å²) in [5, 5.41) is 7.32. The molecule has 0 aliphatic carbocycles. The van der Waals surface area contributed by atoms with Gasteiger partial charge in [0, 0.05) is 6.92 Å². The van der Waals surface area contributed by atoms with Crippen LogP contribution in [-0.2, 0) is 14.6 Å². The zero-order valence-corrected chi connectivity index (χ0v) is 20.8. The molecule has 0 fully saturated rings. The van der Waals surface area contributed by atoms with Gasteiger partial charge in [-0.15, -0.1) is 0 Å². The van der Waals surface area contributed by atoms with Gasteiger partial charge in [-0.25, -0.2) is 8.42 Å². The molecular weight excluding hydrogens is 373 g/mol. The second-order valence-corrected chi connectivity index (χ2v) is 7.81. The maximum absolute atomic E-state index is 10.2. The molecule has 0 saturated heterocycles. The van der Waals surface area contributed by atoms with Gasteiger partial charge >= 0.3 is 29.6 Å². The summed E-state index contributed by atoms with van der Waals surface area (Å²) in [6.45, 7) is 3.72. The maximum Gasteiger partial charge on any atom is 1.00 e. The van der Waals surface area contributed by atoms with Crippen LogP contribution in [0.4, 0.5) is 0 Å². The molecule has 5 nitrogen and oxygen atoms in total. The Kier molecular flexibility index (Phi) is 31.3. The van der Waals surface area contributed by atoms with Crippen LogP contribution < -0.4 is 29.6 Å². The molecule has 0 rings (SSSR count). The van der Waals surface area contributed by atoms with Gasteiger partial charge in [0.05, 0.1) is 12.7 Å². The van der Waals surface area contributed by atoms with E-state index in [1.807, 2.05) is 0 Å². The number of hydrogen-bond donors (Lipinski definition) is 0. The molecule has 0 unspecified atom stereocenters. The first-order valence-corrected chi connectivity index (χ1v) is 11.7. The fraction of sp³-hybridized carbons (Fsp3) is 0.950. The van der Waals surface area contributed by atoms with E-state index in [2.05, 4.69) is 11.1 Å². The third kappa shape index (κ3) is 37.7. The van der Waals surface area contributed by atoms with Crippen LogP contribution in [0.5, 0.6) is 0 Å². The van der Waals surface area contributed by atoms with Crippen LogP contribution in [-0.4, -0.2) is 19.6 Å². The Morgan fingerprint density at radius 3 is 1.26 bits per heavy atom. The molecular formula is C20H40NNaO4S. The first-order chi connectivity index (χ1) is 12.5. The summed E-state index contributed by atoms with van der Waals surface area (Å²) in [7, 11) is -4.49. The SMILES string of the molecule is CC#N.CCCCCCCCCCCCCCCCCCOS(=O)(=O)[O-].[Na+]. The van der Waals surface area contributed by atoms with E-state index in [-0.39, 0.29) is 36.2 Å². The first-order valence-electron chi connectivity index (χ1n) is 10.4. The summed E-state index contributed by atoms with van der Waals surface area (Å²) in [6, 6.07) is 1.75. The van der Waals surface area contributed by atoms with Crippen molar-refractivity contribution < 1.29 is 46.7 Å². The summed E-state index contributed by atoms with van der Waals surface area (Å²) < 4.78 is 34.8. The second-order valence-electron chi connectivity index (χ2n) is 6.76. The third-order valence-electron chi connectivity index (χ3n) is 4.23. The minimum atomic E-state index is -4.49. The van der Waals surface area contributed by atoms with E-state index in [9.17, 15) is 13.0 Å². The van der Waals surface area contributed by atoms with Gasteiger partial charge in [0.1, 0.15) is 0 Å². The molecule has 0 aromatic carbocycles. The summed E-state index contributed by atoms with van der Waals surface area (Å²) in [5.41, 5.74) is 0. The normalized spacial score (nSPS) is 10.4. The molecule has 7 heteroatoms. The smallest absolute Gasteiger partial charge is 0.726 e. The molecule has 0 N–H and O–H groups in total. The van der Waals surface area contributed by atoms with E-state index in [1.54, 1.807) is 6.07 Å². The Hall–Kier alpha value is 0.360. The van der Waals surface area contributed by atoms with Crippen LogP contribution in [0.1, 0.15) is 117 Å². The quantitative estimate of drug-likeness (QED) is 0.149. The van der Waals surface area contributed by atoms with Crippen molar-refractivity contribution in [1.82, 2.24) is 0 Å². The average Bonchev–Trinajstić information content (AvgIpc) is 2.57. The molecule has 27 heavy (non-hydrogen) atoms. The van der Waals surface area contributed by atoms with Gasteiger partial charge in [-0.2, -0.15) is 5.26 Å². The number of unbranched alkanes of at least 4 members (excludes halogenated alkanes) is 15. The van der Waals surface area contributed by atoms with Gasteiger partial charge in [-0.05, 0) is 6.42 Å². The van der Waals surface area contributed by atoms with Gasteiger partial charge in [0.25, 0.3) is 0 Å². The van der Waals surface area contributed by atoms with E-state index in [0.29, 0.717) is 6.42 Å². The van der Waals surface area contributed by atoms with Crippen LogP contribution in [0.15, 0.2) is 0 Å². The molecule has 0 radical (unpaired) electrons.